The van der Waals surface area contributed by atoms with Gasteiger partial charge < -0.3 is 14.8 Å². The first kappa shape index (κ1) is 11.1. The number of fused-ring (bicyclic) bond motifs is 2. The molecule has 5 nitrogen and oxygen atoms in total. The van der Waals surface area contributed by atoms with E-state index >= 15 is 0 Å². The van der Waals surface area contributed by atoms with Crippen LogP contribution in [0.2, 0.25) is 0 Å². The molecular formula is C14H16N2O3. The molecule has 0 aromatic heterocycles. The number of amides is 2. The van der Waals surface area contributed by atoms with E-state index in [1.54, 1.807) is 0 Å². The van der Waals surface area contributed by atoms with Gasteiger partial charge in [-0.1, -0.05) is 12.1 Å². The summed E-state index contributed by atoms with van der Waals surface area (Å²) in [5.74, 6) is 0.847. The maximum atomic E-state index is 11.9. The van der Waals surface area contributed by atoms with Crippen molar-refractivity contribution >= 4 is 6.03 Å². The average molecular weight is 260 g/mol. The molecule has 1 aromatic carbocycles. The molecule has 2 bridgehead atoms. The van der Waals surface area contributed by atoms with Gasteiger partial charge in [0.25, 0.3) is 0 Å². The molecule has 5 heteroatoms. The summed E-state index contributed by atoms with van der Waals surface area (Å²) in [4.78, 5) is 11.9. The Hall–Kier alpha value is -1.75. The molecule has 3 aliphatic heterocycles. The molecule has 19 heavy (non-hydrogen) atoms. The number of rotatable bonds is 0. The summed E-state index contributed by atoms with van der Waals surface area (Å²) in [6.07, 6.45) is 1.52. The molecule has 3 atom stereocenters. The van der Waals surface area contributed by atoms with Crippen LogP contribution in [0.1, 0.15) is 30.0 Å². The lowest BCUT2D eigenvalue weighted by Crippen LogP contribution is -2.74. The molecular weight excluding hydrogens is 244 g/mol. The molecule has 2 amide bonds. The van der Waals surface area contributed by atoms with Crippen molar-refractivity contribution in [3.05, 3.63) is 29.3 Å². The van der Waals surface area contributed by atoms with Gasteiger partial charge in [-0.2, -0.15) is 0 Å². The largest absolute Gasteiger partial charge is 0.465 e. The number of urea groups is 1. The Morgan fingerprint density at radius 1 is 1.42 bits per heavy atom. The monoisotopic (exact) mass is 260 g/mol. The Bertz CT molecular complexity index is 560. The molecule has 1 aromatic rings. The maximum Gasteiger partial charge on any atom is 0.318 e. The van der Waals surface area contributed by atoms with Gasteiger partial charge in [0.15, 0.2) is 0 Å². The van der Waals surface area contributed by atoms with Gasteiger partial charge in [-0.25, -0.2) is 4.79 Å². The normalized spacial score (nSPS) is 35.3. The minimum absolute atomic E-state index is 0.126. The summed E-state index contributed by atoms with van der Waals surface area (Å²) in [5.41, 5.74) is 1.46. The summed E-state index contributed by atoms with van der Waals surface area (Å²) < 4.78 is 12.0. The summed E-state index contributed by atoms with van der Waals surface area (Å²) in [5, 5.41) is 5.91. The fourth-order valence-electron chi connectivity index (χ4n) is 3.46. The highest BCUT2D eigenvalue weighted by Crippen LogP contribution is 2.46. The number of benzene rings is 1. The number of hydrogen-bond acceptors (Lipinski definition) is 3. The highest BCUT2D eigenvalue weighted by atomic mass is 16.6. The van der Waals surface area contributed by atoms with E-state index in [1.165, 1.54) is 0 Å². The van der Waals surface area contributed by atoms with Crippen LogP contribution in [0.5, 0.6) is 5.75 Å². The van der Waals surface area contributed by atoms with Crippen molar-refractivity contribution in [2.75, 3.05) is 6.61 Å². The number of carbonyl (C=O) groups is 1. The van der Waals surface area contributed by atoms with E-state index in [1.807, 2.05) is 25.1 Å². The summed E-state index contributed by atoms with van der Waals surface area (Å²) >= 11 is 0. The molecule has 2 saturated heterocycles. The quantitative estimate of drug-likeness (QED) is 0.745. The highest BCUT2D eigenvalue weighted by molar-refractivity contribution is 5.78. The average Bonchev–Trinajstić information content (AvgIpc) is 2.37. The van der Waals surface area contributed by atoms with E-state index in [4.69, 9.17) is 9.47 Å². The Morgan fingerprint density at radius 3 is 3.21 bits per heavy atom. The van der Waals surface area contributed by atoms with Gasteiger partial charge in [0.2, 0.25) is 5.72 Å². The van der Waals surface area contributed by atoms with Crippen molar-refractivity contribution in [1.29, 1.82) is 0 Å². The standard InChI is InChI=1S/C14H16N2O3/c1-8-4-2-5-9-10(8)11-12-14(19-9,6-3-7-18-12)16-13(17)15-11/h2,4-5,11-12H,3,6-7H2,1H3,(H2,15,16,17). The van der Waals surface area contributed by atoms with Crippen molar-refractivity contribution in [2.45, 2.75) is 37.6 Å². The summed E-state index contributed by atoms with van der Waals surface area (Å²) in [6.45, 7) is 2.75. The molecule has 3 unspecified atom stereocenters. The highest BCUT2D eigenvalue weighted by Gasteiger charge is 2.57. The van der Waals surface area contributed by atoms with Crippen LogP contribution in [0, 0.1) is 6.92 Å². The smallest absolute Gasteiger partial charge is 0.318 e. The van der Waals surface area contributed by atoms with E-state index in [9.17, 15) is 4.79 Å². The van der Waals surface area contributed by atoms with Gasteiger partial charge >= 0.3 is 6.03 Å². The van der Waals surface area contributed by atoms with E-state index in [0.717, 1.165) is 29.7 Å². The Morgan fingerprint density at radius 2 is 2.32 bits per heavy atom. The van der Waals surface area contributed by atoms with Gasteiger partial charge in [-0.05, 0) is 25.0 Å². The molecule has 100 valence electrons. The molecule has 3 aliphatic rings. The summed E-state index contributed by atoms with van der Waals surface area (Å²) in [6, 6.07) is 5.67. The third kappa shape index (κ3) is 1.42. The zero-order chi connectivity index (χ0) is 13.0. The minimum atomic E-state index is -0.702. The Kier molecular flexibility index (Phi) is 2.12. The molecule has 0 saturated carbocycles. The minimum Gasteiger partial charge on any atom is -0.465 e. The lowest BCUT2D eigenvalue weighted by molar-refractivity contribution is -0.172. The summed E-state index contributed by atoms with van der Waals surface area (Å²) in [7, 11) is 0. The second kappa shape index (κ2) is 3.63. The van der Waals surface area contributed by atoms with Gasteiger partial charge in [0.05, 0.1) is 6.04 Å². The first-order chi connectivity index (χ1) is 9.20. The molecule has 0 aliphatic carbocycles. The number of ether oxygens (including phenoxy) is 2. The topological polar surface area (TPSA) is 59.6 Å². The van der Waals surface area contributed by atoms with Crippen molar-refractivity contribution in [1.82, 2.24) is 10.6 Å². The second-order valence-electron chi connectivity index (χ2n) is 5.45. The second-order valence-corrected chi connectivity index (χ2v) is 5.45. The van der Waals surface area contributed by atoms with Crippen molar-refractivity contribution in [3.8, 4) is 5.75 Å². The fraction of sp³-hybridized carbons (Fsp3) is 0.500. The first-order valence-corrected chi connectivity index (χ1v) is 6.68. The van der Waals surface area contributed by atoms with Crippen molar-refractivity contribution < 1.29 is 14.3 Å². The first-order valence-electron chi connectivity index (χ1n) is 6.68. The molecule has 0 radical (unpaired) electrons. The van der Waals surface area contributed by atoms with Crippen LogP contribution in [0.3, 0.4) is 0 Å². The van der Waals surface area contributed by atoms with Gasteiger partial charge in [0, 0.05) is 18.6 Å². The fourth-order valence-corrected chi connectivity index (χ4v) is 3.46. The van der Waals surface area contributed by atoms with Gasteiger partial charge in [0.1, 0.15) is 11.9 Å². The SMILES string of the molecule is Cc1cccc2c1C1NC(=O)NC3(CCCOC13)O2. The third-order valence-corrected chi connectivity index (χ3v) is 4.25. The maximum absolute atomic E-state index is 11.9. The predicted molar refractivity (Wildman–Crippen MR) is 67.9 cm³/mol. The van der Waals surface area contributed by atoms with Crippen LogP contribution in [-0.2, 0) is 4.74 Å². The zero-order valence-corrected chi connectivity index (χ0v) is 10.7. The van der Waals surface area contributed by atoms with Gasteiger partial charge in [-0.15, -0.1) is 0 Å². The number of carbonyl (C=O) groups excluding carboxylic acids is 1. The third-order valence-electron chi connectivity index (χ3n) is 4.25. The lowest BCUT2D eigenvalue weighted by atomic mass is 9.82. The predicted octanol–water partition coefficient (Wildman–Crippen LogP) is 1.62. The van der Waals surface area contributed by atoms with E-state index in [-0.39, 0.29) is 18.2 Å². The Balaban J connectivity index is 1.91. The van der Waals surface area contributed by atoms with Crippen LogP contribution in [-0.4, -0.2) is 24.5 Å². The van der Waals surface area contributed by atoms with E-state index in [2.05, 4.69) is 10.6 Å². The number of aryl methyl sites for hydroxylation is 1. The number of hydrogen-bond donors (Lipinski definition) is 2. The lowest BCUT2D eigenvalue weighted by Gasteiger charge is -2.53. The van der Waals surface area contributed by atoms with Crippen LogP contribution >= 0.6 is 0 Å². The van der Waals surface area contributed by atoms with Crippen LogP contribution in [0.25, 0.3) is 0 Å². The molecule has 3 heterocycles. The van der Waals surface area contributed by atoms with E-state index < -0.39 is 5.72 Å². The Labute approximate surface area is 111 Å². The molecule has 4 rings (SSSR count). The van der Waals surface area contributed by atoms with Crippen molar-refractivity contribution in [2.24, 2.45) is 0 Å². The van der Waals surface area contributed by atoms with E-state index in [0.29, 0.717) is 6.61 Å². The zero-order valence-electron chi connectivity index (χ0n) is 10.7. The molecule has 0 spiro atoms. The van der Waals surface area contributed by atoms with Gasteiger partial charge in [-0.3, -0.25) is 5.32 Å². The van der Waals surface area contributed by atoms with Crippen LogP contribution < -0.4 is 15.4 Å². The molecule has 2 N–H and O–H groups in total. The number of nitrogens with one attached hydrogen (secondary N) is 2. The van der Waals surface area contributed by atoms with Crippen LogP contribution in [0.4, 0.5) is 4.79 Å². The van der Waals surface area contributed by atoms with Crippen LogP contribution in [0.15, 0.2) is 18.2 Å². The van der Waals surface area contributed by atoms with Crippen molar-refractivity contribution in [3.63, 3.8) is 0 Å². The molecule has 2 fully saturated rings.